The van der Waals surface area contributed by atoms with E-state index in [-0.39, 0.29) is 22.4 Å². The molecule has 0 saturated carbocycles. The highest BCUT2D eigenvalue weighted by molar-refractivity contribution is 6.62. The first-order valence-corrected chi connectivity index (χ1v) is 17.2. The Balaban J connectivity index is 1.36. The highest BCUT2D eigenvalue weighted by atomic mass is 16.7. The molecule has 0 bridgehead atoms. The van der Waals surface area contributed by atoms with Gasteiger partial charge in [0.15, 0.2) is 0 Å². The normalized spacial score (nSPS) is 19.4. The molecule has 2 fully saturated rings. The van der Waals surface area contributed by atoms with E-state index in [2.05, 4.69) is 140 Å². The summed E-state index contributed by atoms with van der Waals surface area (Å²) in [6, 6.07) is 25.3. The third kappa shape index (κ3) is 7.52. The molecule has 3 aromatic carbocycles. The standard InChI is InChI=1S/C38H53B2NO5/c1-10-11-12-13-14-15-28-42-34-26-24-33(25-27-34)41(31-20-16-29(17-21-31)39-43-35(2,3)36(4,5)44-39)32-22-18-30(19-23-32)40-45-37(6,7)38(8,9)46-40/h16-27H,10-15,28H2,1-9H3. The van der Waals surface area contributed by atoms with E-state index in [0.29, 0.717) is 0 Å². The van der Waals surface area contributed by atoms with Crippen LogP contribution in [0.3, 0.4) is 0 Å². The predicted octanol–water partition coefficient (Wildman–Crippen LogP) is 8.49. The van der Waals surface area contributed by atoms with Gasteiger partial charge in [0.05, 0.1) is 29.0 Å². The second-order valence-corrected chi connectivity index (χ2v) is 14.8. The van der Waals surface area contributed by atoms with Crippen molar-refractivity contribution in [2.75, 3.05) is 11.5 Å². The summed E-state index contributed by atoms with van der Waals surface area (Å²) in [6.45, 7) is 19.6. The maximum atomic E-state index is 6.32. The van der Waals surface area contributed by atoms with E-state index in [1.165, 1.54) is 32.1 Å². The lowest BCUT2D eigenvalue weighted by Crippen LogP contribution is -2.41. The molecule has 2 aliphatic heterocycles. The first-order chi connectivity index (χ1) is 21.7. The third-order valence-corrected chi connectivity index (χ3v) is 10.2. The minimum absolute atomic E-state index is 0.389. The zero-order valence-corrected chi connectivity index (χ0v) is 29.5. The Hall–Kier alpha value is -2.77. The van der Waals surface area contributed by atoms with Crippen molar-refractivity contribution >= 4 is 42.2 Å². The van der Waals surface area contributed by atoms with Crippen LogP contribution in [0.4, 0.5) is 17.1 Å². The minimum Gasteiger partial charge on any atom is -0.494 e. The average molecular weight is 625 g/mol. The van der Waals surface area contributed by atoms with E-state index in [1.807, 2.05) is 0 Å². The number of ether oxygens (including phenoxy) is 1. The fourth-order valence-electron chi connectivity index (χ4n) is 5.73. The fraction of sp³-hybridized carbons (Fsp3) is 0.526. The predicted molar refractivity (Wildman–Crippen MR) is 191 cm³/mol. The summed E-state index contributed by atoms with van der Waals surface area (Å²) >= 11 is 0. The molecule has 2 saturated heterocycles. The van der Waals surface area contributed by atoms with E-state index >= 15 is 0 Å². The minimum atomic E-state index is -0.408. The van der Waals surface area contributed by atoms with Crippen LogP contribution >= 0.6 is 0 Å². The highest BCUT2D eigenvalue weighted by Gasteiger charge is 2.52. The van der Waals surface area contributed by atoms with Crippen molar-refractivity contribution < 1.29 is 23.4 Å². The van der Waals surface area contributed by atoms with Gasteiger partial charge < -0.3 is 28.3 Å². The van der Waals surface area contributed by atoms with E-state index in [0.717, 1.165) is 46.8 Å². The summed E-state index contributed by atoms with van der Waals surface area (Å²) in [7, 11) is -0.815. The molecule has 2 heterocycles. The lowest BCUT2D eigenvalue weighted by atomic mass is 9.79. The Kier molecular flexibility index (Phi) is 10.3. The monoisotopic (exact) mass is 625 g/mol. The van der Waals surface area contributed by atoms with E-state index < -0.39 is 14.2 Å². The number of unbranched alkanes of at least 4 members (excludes halogenated alkanes) is 5. The van der Waals surface area contributed by atoms with Crippen molar-refractivity contribution in [1.29, 1.82) is 0 Å². The molecule has 246 valence electrons. The van der Waals surface area contributed by atoms with Crippen molar-refractivity contribution in [3.8, 4) is 5.75 Å². The molecule has 2 aliphatic rings. The summed E-state index contributed by atoms with van der Waals surface area (Å²) in [4.78, 5) is 2.25. The molecule has 8 heteroatoms. The van der Waals surface area contributed by atoms with Crippen LogP contribution in [0.1, 0.15) is 101 Å². The molecule has 0 aliphatic carbocycles. The van der Waals surface area contributed by atoms with Gasteiger partial charge in [-0.05, 0) is 121 Å². The Labute approximate surface area is 278 Å². The Morgan fingerprint density at radius 1 is 0.500 bits per heavy atom. The summed E-state index contributed by atoms with van der Waals surface area (Å²) in [5.41, 5.74) is 3.54. The zero-order chi connectivity index (χ0) is 33.2. The number of hydrogen-bond donors (Lipinski definition) is 0. The SMILES string of the molecule is CCCCCCCCOc1ccc(N(c2ccc(B3OC(C)(C)C(C)(C)O3)cc2)c2ccc(B3OC(C)(C)C(C)(C)O3)cc2)cc1. The molecule has 0 N–H and O–H groups in total. The number of benzene rings is 3. The van der Waals surface area contributed by atoms with E-state index in [4.69, 9.17) is 23.4 Å². The maximum Gasteiger partial charge on any atom is 0.494 e. The van der Waals surface area contributed by atoms with Gasteiger partial charge in [0.2, 0.25) is 0 Å². The number of anilines is 3. The van der Waals surface area contributed by atoms with Gasteiger partial charge in [0.25, 0.3) is 0 Å². The van der Waals surface area contributed by atoms with Crippen LogP contribution in [0.25, 0.3) is 0 Å². The van der Waals surface area contributed by atoms with Crippen LogP contribution in [0, 0.1) is 0 Å². The number of nitrogens with zero attached hydrogens (tertiary/aromatic N) is 1. The van der Waals surface area contributed by atoms with E-state index in [1.54, 1.807) is 0 Å². The fourth-order valence-corrected chi connectivity index (χ4v) is 5.73. The van der Waals surface area contributed by atoms with E-state index in [9.17, 15) is 0 Å². The quantitative estimate of drug-likeness (QED) is 0.140. The van der Waals surface area contributed by atoms with Crippen LogP contribution in [-0.4, -0.2) is 43.2 Å². The molecule has 3 aromatic rings. The molecule has 6 nitrogen and oxygen atoms in total. The first-order valence-electron chi connectivity index (χ1n) is 17.2. The molecule has 0 aromatic heterocycles. The molecule has 0 spiro atoms. The van der Waals surface area contributed by atoms with Gasteiger partial charge >= 0.3 is 14.2 Å². The van der Waals surface area contributed by atoms with Gasteiger partial charge in [-0.3, -0.25) is 0 Å². The van der Waals surface area contributed by atoms with Crippen molar-refractivity contribution in [3.63, 3.8) is 0 Å². The van der Waals surface area contributed by atoms with Gasteiger partial charge in [-0.2, -0.15) is 0 Å². The van der Waals surface area contributed by atoms with Crippen molar-refractivity contribution in [3.05, 3.63) is 72.8 Å². The van der Waals surface area contributed by atoms with Crippen molar-refractivity contribution in [1.82, 2.24) is 0 Å². The Morgan fingerprint density at radius 3 is 1.24 bits per heavy atom. The summed E-state index contributed by atoms with van der Waals surface area (Å²) < 4.78 is 31.4. The van der Waals surface area contributed by atoms with Gasteiger partial charge in [-0.1, -0.05) is 63.3 Å². The van der Waals surface area contributed by atoms with Crippen molar-refractivity contribution in [2.24, 2.45) is 0 Å². The molecular weight excluding hydrogens is 572 g/mol. The zero-order valence-electron chi connectivity index (χ0n) is 29.5. The molecule has 0 atom stereocenters. The number of rotatable bonds is 13. The maximum absolute atomic E-state index is 6.32. The Bertz CT molecular complexity index is 1310. The molecule has 0 amide bonds. The molecular formula is C38H53B2NO5. The van der Waals surface area contributed by atoms with Gasteiger partial charge in [-0.15, -0.1) is 0 Å². The van der Waals surface area contributed by atoms with Crippen LogP contribution in [0.15, 0.2) is 72.8 Å². The summed E-state index contributed by atoms with van der Waals surface area (Å²) in [6.07, 6.45) is 7.50. The number of hydrogen-bond acceptors (Lipinski definition) is 6. The largest absolute Gasteiger partial charge is 0.494 e. The summed E-state index contributed by atoms with van der Waals surface area (Å²) in [5, 5.41) is 0. The van der Waals surface area contributed by atoms with Crippen LogP contribution in [0.5, 0.6) is 5.75 Å². The first kappa shape index (κ1) is 34.6. The van der Waals surface area contributed by atoms with Gasteiger partial charge in [-0.25, -0.2) is 0 Å². The van der Waals surface area contributed by atoms with Crippen molar-refractivity contribution in [2.45, 2.75) is 123 Å². The van der Waals surface area contributed by atoms with Crippen LogP contribution in [0.2, 0.25) is 0 Å². The second kappa shape index (κ2) is 13.8. The topological polar surface area (TPSA) is 49.4 Å². The molecule has 5 rings (SSSR count). The highest BCUT2D eigenvalue weighted by Crippen LogP contribution is 2.39. The van der Waals surface area contributed by atoms with Crippen LogP contribution < -0.4 is 20.6 Å². The average Bonchev–Trinajstić information content (AvgIpc) is 3.37. The molecule has 0 unspecified atom stereocenters. The molecule has 46 heavy (non-hydrogen) atoms. The van der Waals surface area contributed by atoms with Gasteiger partial charge in [0, 0.05) is 17.1 Å². The lowest BCUT2D eigenvalue weighted by Gasteiger charge is -2.32. The lowest BCUT2D eigenvalue weighted by molar-refractivity contribution is 0.00578. The molecule has 0 radical (unpaired) electrons. The second-order valence-electron chi connectivity index (χ2n) is 14.8. The Morgan fingerprint density at radius 2 is 0.848 bits per heavy atom. The summed E-state index contributed by atoms with van der Waals surface area (Å²) in [5.74, 6) is 0.893. The third-order valence-electron chi connectivity index (χ3n) is 10.2. The smallest absolute Gasteiger partial charge is 0.494 e. The van der Waals surface area contributed by atoms with Crippen LogP contribution in [-0.2, 0) is 18.6 Å². The van der Waals surface area contributed by atoms with Gasteiger partial charge in [0.1, 0.15) is 5.75 Å².